The van der Waals surface area contributed by atoms with Crippen LogP contribution < -0.4 is 15.2 Å². The van der Waals surface area contributed by atoms with Gasteiger partial charge in [-0.1, -0.05) is 41.1 Å². The zero-order valence-corrected chi connectivity index (χ0v) is 13.8. The van der Waals surface area contributed by atoms with Crippen molar-refractivity contribution in [2.24, 2.45) is 5.73 Å². The fourth-order valence-electron chi connectivity index (χ4n) is 2.16. The van der Waals surface area contributed by atoms with Crippen LogP contribution in [0.2, 0.25) is 0 Å². The van der Waals surface area contributed by atoms with E-state index in [1.165, 1.54) is 0 Å². The molecule has 2 aromatic rings. The van der Waals surface area contributed by atoms with Crippen molar-refractivity contribution >= 4 is 15.9 Å². The monoisotopic (exact) mass is 349 g/mol. The number of nitrogens with two attached hydrogens (primary N) is 1. The first kappa shape index (κ1) is 15.9. The molecule has 0 radical (unpaired) electrons. The summed E-state index contributed by atoms with van der Waals surface area (Å²) in [5, 5.41) is 0. The number of benzene rings is 2. The van der Waals surface area contributed by atoms with E-state index in [0.717, 1.165) is 28.0 Å². The molecule has 0 amide bonds. The van der Waals surface area contributed by atoms with Gasteiger partial charge < -0.3 is 15.2 Å². The molecule has 0 fully saturated rings. The smallest absolute Gasteiger partial charge is 0.142 e. The maximum absolute atomic E-state index is 6.26. The molecular formula is C17H20BrNO2. The van der Waals surface area contributed by atoms with E-state index in [1.54, 1.807) is 7.11 Å². The number of halogens is 1. The first-order valence-corrected chi connectivity index (χ1v) is 7.75. The summed E-state index contributed by atoms with van der Waals surface area (Å²) in [5.41, 5.74) is 7.23. The summed E-state index contributed by atoms with van der Waals surface area (Å²) in [6.07, 6.45) is 0.575. The fourth-order valence-corrected chi connectivity index (χ4v) is 2.42. The summed E-state index contributed by atoms with van der Waals surface area (Å²) < 4.78 is 12.6. The molecule has 4 heteroatoms. The van der Waals surface area contributed by atoms with E-state index in [9.17, 15) is 0 Å². The third-order valence-electron chi connectivity index (χ3n) is 3.38. The van der Waals surface area contributed by atoms with Crippen LogP contribution in [0, 0.1) is 0 Å². The highest BCUT2D eigenvalue weighted by Gasteiger charge is 2.23. The van der Waals surface area contributed by atoms with E-state index < -0.39 is 0 Å². The first-order valence-electron chi connectivity index (χ1n) is 6.96. The molecule has 0 saturated heterocycles. The fraction of sp³-hybridized carbons (Fsp3) is 0.294. The molecule has 112 valence electrons. The molecule has 0 aliphatic rings. The standard InChI is InChI=1S/C17H20BrNO2/c1-3-15(19)17(14-6-4-5-7-16(14)20-2)21-13-10-8-12(18)9-11-13/h4-11,15,17H,3,19H2,1-2H3. The maximum Gasteiger partial charge on any atom is 0.142 e. The van der Waals surface area contributed by atoms with Crippen molar-refractivity contribution in [2.45, 2.75) is 25.5 Å². The van der Waals surface area contributed by atoms with Crippen LogP contribution in [0.1, 0.15) is 25.0 Å². The van der Waals surface area contributed by atoms with Gasteiger partial charge >= 0.3 is 0 Å². The topological polar surface area (TPSA) is 44.5 Å². The Hall–Kier alpha value is -1.52. The molecule has 0 bridgehead atoms. The van der Waals surface area contributed by atoms with Crippen LogP contribution >= 0.6 is 15.9 Å². The van der Waals surface area contributed by atoms with Gasteiger partial charge in [-0.05, 0) is 36.8 Å². The zero-order chi connectivity index (χ0) is 15.2. The molecule has 0 aromatic heterocycles. The van der Waals surface area contributed by atoms with E-state index in [1.807, 2.05) is 48.5 Å². The van der Waals surface area contributed by atoms with Crippen molar-refractivity contribution in [3.05, 3.63) is 58.6 Å². The Bertz CT molecular complexity index is 571. The predicted molar refractivity (Wildman–Crippen MR) is 88.8 cm³/mol. The summed E-state index contributed by atoms with van der Waals surface area (Å²) in [6, 6.07) is 15.5. The quantitative estimate of drug-likeness (QED) is 0.844. The van der Waals surface area contributed by atoms with Crippen molar-refractivity contribution in [3.63, 3.8) is 0 Å². The van der Waals surface area contributed by atoms with Gasteiger partial charge in [-0.2, -0.15) is 0 Å². The molecule has 0 spiro atoms. The maximum atomic E-state index is 6.26. The van der Waals surface area contributed by atoms with E-state index in [2.05, 4.69) is 22.9 Å². The predicted octanol–water partition coefficient (Wildman–Crippen LogP) is 4.32. The highest BCUT2D eigenvalue weighted by molar-refractivity contribution is 9.10. The van der Waals surface area contributed by atoms with Crippen LogP contribution in [0.15, 0.2) is 53.0 Å². The zero-order valence-electron chi connectivity index (χ0n) is 12.3. The van der Waals surface area contributed by atoms with Gasteiger partial charge in [0.05, 0.1) is 7.11 Å². The molecule has 21 heavy (non-hydrogen) atoms. The third kappa shape index (κ3) is 3.99. The largest absolute Gasteiger partial charge is 0.496 e. The number of rotatable bonds is 6. The Balaban J connectivity index is 2.32. The van der Waals surface area contributed by atoms with Crippen LogP contribution in [0.3, 0.4) is 0 Å². The lowest BCUT2D eigenvalue weighted by atomic mass is 10.00. The number of methoxy groups -OCH3 is 1. The Labute approximate surface area is 134 Å². The Morgan fingerprint density at radius 1 is 1.10 bits per heavy atom. The number of hydrogen-bond donors (Lipinski definition) is 1. The molecule has 2 rings (SSSR count). The average molecular weight is 350 g/mol. The van der Waals surface area contributed by atoms with Crippen LogP contribution in [0.4, 0.5) is 0 Å². The van der Waals surface area contributed by atoms with Gasteiger partial charge in [0.2, 0.25) is 0 Å². The number of ether oxygens (including phenoxy) is 2. The summed E-state index contributed by atoms with van der Waals surface area (Å²) in [5.74, 6) is 1.58. The second-order valence-corrected chi connectivity index (χ2v) is 5.72. The first-order chi connectivity index (χ1) is 10.2. The Morgan fingerprint density at radius 3 is 2.38 bits per heavy atom. The van der Waals surface area contributed by atoms with Gasteiger partial charge in [0.1, 0.15) is 17.6 Å². The highest BCUT2D eigenvalue weighted by atomic mass is 79.9. The normalized spacial score (nSPS) is 13.5. The van der Waals surface area contributed by atoms with Crippen molar-refractivity contribution in [1.29, 1.82) is 0 Å². The molecular weight excluding hydrogens is 330 g/mol. The minimum atomic E-state index is -0.243. The SMILES string of the molecule is CCC(N)C(Oc1ccc(Br)cc1)c1ccccc1OC. The van der Waals surface area contributed by atoms with Gasteiger partial charge in [0, 0.05) is 16.1 Å². The molecule has 2 atom stereocenters. The summed E-state index contributed by atoms with van der Waals surface area (Å²) in [7, 11) is 1.66. The van der Waals surface area contributed by atoms with Gasteiger partial charge in [-0.15, -0.1) is 0 Å². The molecule has 0 aliphatic heterocycles. The third-order valence-corrected chi connectivity index (χ3v) is 3.91. The summed E-state index contributed by atoms with van der Waals surface area (Å²) in [6.45, 7) is 2.05. The minimum Gasteiger partial charge on any atom is -0.496 e. The van der Waals surface area contributed by atoms with Crippen LogP contribution in [-0.4, -0.2) is 13.2 Å². The van der Waals surface area contributed by atoms with Crippen molar-refractivity contribution in [2.75, 3.05) is 7.11 Å². The van der Waals surface area contributed by atoms with Crippen molar-refractivity contribution < 1.29 is 9.47 Å². The molecule has 0 saturated carbocycles. The Morgan fingerprint density at radius 2 is 1.76 bits per heavy atom. The molecule has 2 aromatic carbocycles. The molecule has 3 nitrogen and oxygen atoms in total. The van der Waals surface area contributed by atoms with Crippen molar-refractivity contribution in [3.8, 4) is 11.5 Å². The van der Waals surface area contributed by atoms with E-state index in [0.29, 0.717) is 0 Å². The second-order valence-electron chi connectivity index (χ2n) is 4.81. The Kier molecular flexibility index (Phi) is 5.65. The molecule has 0 heterocycles. The average Bonchev–Trinajstić information content (AvgIpc) is 2.53. The molecule has 2 N–H and O–H groups in total. The molecule has 2 unspecified atom stereocenters. The highest BCUT2D eigenvalue weighted by Crippen LogP contribution is 2.32. The van der Waals surface area contributed by atoms with E-state index >= 15 is 0 Å². The van der Waals surface area contributed by atoms with E-state index in [-0.39, 0.29) is 12.1 Å². The van der Waals surface area contributed by atoms with E-state index in [4.69, 9.17) is 15.2 Å². The summed E-state index contributed by atoms with van der Waals surface area (Å²) in [4.78, 5) is 0. The van der Waals surface area contributed by atoms with Crippen molar-refractivity contribution in [1.82, 2.24) is 0 Å². The summed E-state index contributed by atoms with van der Waals surface area (Å²) >= 11 is 3.42. The van der Waals surface area contributed by atoms with Gasteiger partial charge in [0.25, 0.3) is 0 Å². The van der Waals surface area contributed by atoms with Gasteiger partial charge in [-0.3, -0.25) is 0 Å². The minimum absolute atomic E-state index is 0.107. The van der Waals surface area contributed by atoms with Crippen LogP contribution in [-0.2, 0) is 0 Å². The lowest BCUT2D eigenvalue weighted by Crippen LogP contribution is -2.31. The number of para-hydroxylation sites is 1. The van der Waals surface area contributed by atoms with Gasteiger partial charge in [-0.25, -0.2) is 0 Å². The second kappa shape index (κ2) is 7.48. The molecule has 0 aliphatic carbocycles. The van der Waals surface area contributed by atoms with Crippen LogP contribution in [0.25, 0.3) is 0 Å². The van der Waals surface area contributed by atoms with Gasteiger partial charge in [0.15, 0.2) is 0 Å². The lowest BCUT2D eigenvalue weighted by molar-refractivity contribution is 0.167. The number of hydrogen-bond acceptors (Lipinski definition) is 3. The van der Waals surface area contributed by atoms with Crippen LogP contribution in [0.5, 0.6) is 11.5 Å². The lowest BCUT2D eigenvalue weighted by Gasteiger charge is -2.26.